The minimum Gasteiger partial charge on any atom is -0.490 e. The Hall–Kier alpha value is -2.67. The van der Waals surface area contributed by atoms with Crippen molar-refractivity contribution in [3.63, 3.8) is 0 Å². The van der Waals surface area contributed by atoms with Crippen molar-refractivity contribution in [1.82, 2.24) is 9.80 Å². The van der Waals surface area contributed by atoms with Gasteiger partial charge in [0.1, 0.15) is 12.1 Å². The van der Waals surface area contributed by atoms with Crippen LogP contribution in [0.15, 0.2) is 45.8 Å². The van der Waals surface area contributed by atoms with Gasteiger partial charge in [0.25, 0.3) is 5.91 Å². The van der Waals surface area contributed by atoms with Crippen molar-refractivity contribution < 1.29 is 18.3 Å². The van der Waals surface area contributed by atoms with Crippen LogP contribution < -0.4 is 10.2 Å². The number of halogens is 1. The highest BCUT2D eigenvalue weighted by Gasteiger charge is 2.24. The number of piperazine rings is 1. The molecule has 132 valence electrons. The normalized spacial score (nSPS) is 15.2. The molecule has 2 aromatic rings. The largest absolute Gasteiger partial charge is 0.490 e. The summed E-state index contributed by atoms with van der Waals surface area (Å²) in [7, 11) is 1.37. The first-order valence-electron chi connectivity index (χ1n) is 8.00. The van der Waals surface area contributed by atoms with Crippen molar-refractivity contribution in [1.29, 1.82) is 0 Å². The van der Waals surface area contributed by atoms with Crippen molar-refractivity contribution in [3.05, 3.63) is 64.0 Å². The predicted octanol–water partition coefficient (Wildman–Crippen LogP) is 1.75. The third-order valence-corrected chi connectivity index (χ3v) is 4.18. The van der Waals surface area contributed by atoms with Crippen molar-refractivity contribution in [2.75, 3.05) is 33.3 Å². The number of benzene rings is 1. The zero-order valence-corrected chi connectivity index (χ0v) is 13.9. The van der Waals surface area contributed by atoms with Crippen LogP contribution in [0.4, 0.5) is 4.39 Å². The lowest BCUT2D eigenvalue weighted by Gasteiger charge is -2.34. The van der Waals surface area contributed by atoms with Gasteiger partial charge < -0.3 is 14.1 Å². The number of carbonyl (C=O) groups is 1. The van der Waals surface area contributed by atoms with Crippen LogP contribution in [0.5, 0.6) is 5.75 Å². The van der Waals surface area contributed by atoms with Gasteiger partial charge in [0.05, 0.1) is 7.11 Å². The molecular formula is C18H19FN2O4. The Balaban J connectivity index is 1.59. The van der Waals surface area contributed by atoms with E-state index in [9.17, 15) is 14.0 Å². The van der Waals surface area contributed by atoms with Crippen molar-refractivity contribution >= 4 is 5.91 Å². The number of ether oxygens (including phenoxy) is 1. The average Bonchev–Trinajstić information content (AvgIpc) is 2.62. The molecule has 1 aromatic carbocycles. The van der Waals surface area contributed by atoms with E-state index < -0.39 is 0 Å². The molecule has 1 amide bonds. The summed E-state index contributed by atoms with van der Waals surface area (Å²) < 4.78 is 23.3. The molecule has 25 heavy (non-hydrogen) atoms. The number of carbonyl (C=O) groups excluding carboxylic acids is 1. The molecule has 7 heteroatoms. The van der Waals surface area contributed by atoms with E-state index in [0.717, 1.165) is 17.9 Å². The highest BCUT2D eigenvalue weighted by atomic mass is 19.1. The zero-order chi connectivity index (χ0) is 17.8. The monoisotopic (exact) mass is 346 g/mol. The second-order valence-electron chi connectivity index (χ2n) is 5.88. The maximum atomic E-state index is 13.2. The van der Waals surface area contributed by atoms with Gasteiger partial charge in [-0.25, -0.2) is 4.39 Å². The maximum Gasteiger partial charge on any atom is 0.289 e. The zero-order valence-electron chi connectivity index (χ0n) is 13.9. The molecule has 0 unspecified atom stereocenters. The third kappa shape index (κ3) is 4.06. The van der Waals surface area contributed by atoms with Crippen LogP contribution in [0.2, 0.25) is 0 Å². The Morgan fingerprint density at radius 3 is 2.64 bits per heavy atom. The van der Waals surface area contributed by atoms with Gasteiger partial charge in [-0.2, -0.15) is 0 Å². The second-order valence-corrected chi connectivity index (χ2v) is 5.88. The molecule has 1 aliphatic heterocycles. The molecule has 6 nitrogen and oxygen atoms in total. The molecule has 0 N–H and O–H groups in total. The minimum absolute atomic E-state index is 0.00406. The fourth-order valence-electron chi connectivity index (χ4n) is 2.82. The Morgan fingerprint density at radius 2 is 2.00 bits per heavy atom. The summed E-state index contributed by atoms with van der Waals surface area (Å²) in [5.41, 5.74) is 0.516. The molecule has 2 heterocycles. The number of amides is 1. The summed E-state index contributed by atoms with van der Waals surface area (Å²) in [4.78, 5) is 28.0. The fourth-order valence-corrected chi connectivity index (χ4v) is 2.82. The first kappa shape index (κ1) is 17.2. The number of methoxy groups -OCH3 is 1. The Bertz CT molecular complexity index is 813. The lowest BCUT2D eigenvalue weighted by molar-refractivity contribution is 0.0594. The van der Waals surface area contributed by atoms with E-state index in [1.165, 1.54) is 19.2 Å². The summed E-state index contributed by atoms with van der Waals surface area (Å²) in [5, 5.41) is 0. The van der Waals surface area contributed by atoms with E-state index in [2.05, 4.69) is 4.90 Å². The Kier molecular flexibility index (Phi) is 5.14. The molecular weight excluding hydrogens is 327 g/mol. The van der Waals surface area contributed by atoms with E-state index in [4.69, 9.17) is 9.15 Å². The van der Waals surface area contributed by atoms with Crippen LogP contribution in [0.3, 0.4) is 0 Å². The van der Waals surface area contributed by atoms with Gasteiger partial charge in [-0.15, -0.1) is 0 Å². The number of nitrogens with zero attached hydrogens (tertiary/aromatic N) is 2. The van der Waals surface area contributed by atoms with Crippen LogP contribution in [0, 0.1) is 5.82 Å². The third-order valence-electron chi connectivity index (χ3n) is 4.18. The molecule has 3 rings (SSSR count). The van der Waals surface area contributed by atoms with Crippen LogP contribution >= 0.6 is 0 Å². The van der Waals surface area contributed by atoms with Crippen molar-refractivity contribution in [2.45, 2.75) is 6.54 Å². The highest BCUT2D eigenvalue weighted by molar-refractivity contribution is 5.91. The molecule has 1 saturated heterocycles. The Morgan fingerprint density at radius 1 is 1.24 bits per heavy atom. The number of hydrogen-bond acceptors (Lipinski definition) is 5. The molecule has 0 radical (unpaired) electrons. The van der Waals surface area contributed by atoms with Crippen LogP contribution in [-0.2, 0) is 6.54 Å². The summed E-state index contributed by atoms with van der Waals surface area (Å²) in [6.45, 7) is 3.01. The minimum atomic E-state index is -0.387. The molecule has 1 fully saturated rings. The molecule has 0 saturated carbocycles. The molecule has 1 aromatic heterocycles. The Labute approximate surface area is 144 Å². The van der Waals surface area contributed by atoms with Gasteiger partial charge in [0.15, 0.2) is 5.76 Å². The topological polar surface area (TPSA) is 63.0 Å². The first-order chi connectivity index (χ1) is 12.1. The van der Waals surface area contributed by atoms with Gasteiger partial charge in [-0.3, -0.25) is 14.5 Å². The SMILES string of the molecule is COc1coc(C(=O)N2CCN(Cc3cccc(F)c3)CC2)cc1=O. The highest BCUT2D eigenvalue weighted by Crippen LogP contribution is 2.13. The molecule has 0 bridgehead atoms. The molecule has 1 aliphatic rings. The smallest absolute Gasteiger partial charge is 0.289 e. The molecule has 0 aliphatic carbocycles. The van der Waals surface area contributed by atoms with E-state index in [-0.39, 0.29) is 28.7 Å². The van der Waals surface area contributed by atoms with Gasteiger partial charge in [0.2, 0.25) is 11.2 Å². The lowest BCUT2D eigenvalue weighted by Crippen LogP contribution is -2.48. The summed E-state index contributed by atoms with van der Waals surface area (Å²) in [6, 6.07) is 7.66. The van der Waals surface area contributed by atoms with Crippen LogP contribution in [0.25, 0.3) is 0 Å². The first-order valence-corrected chi connectivity index (χ1v) is 8.00. The van der Waals surface area contributed by atoms with E-state index in [1.807, 2.05) is 6.07 Å². The lowest BCUT2D eigenvalue weighted by atomic mass is 10.2. The summed E-state index contributed by atoms with van der Waals surface area (Å²) in [6.07, 6.45) is 1.15. The fraction of sp³-hybridized carbons (Fsp3) is 0.333. The quantitative estimate of drug-likeness (QED) is 0.844. The molecule has 0 atom stereocenters. The van der Waals surface area contributed by atoms with E-state index in [0.29, 0.717) is 32.7 Å². The van der Waals surface area contributed by atoms with E-state index >= 15 is 0 Å². The van der Waals surface area contributed by atoms with E-state index in [1.54, 1.807) is 11.0 Å². The van der Waals surface area contributed by atoms with Gasteiger partial charge in [-0.1, -0.05) is 12.1 Å². The van der Waals surface area contributed by atoms with Crippen molar-refractivity contribution in [3.8, 4) is 5.75 Å². The van der Waals surface area contributed by atoms with Crippen LogP contribution in [-0.4, -0.2) is 49.0 Å². The summed E-state index contributed by atoms with van der Waals surface area (Å²) in [5.74, 6) is -0.494. The van der Waals surface area contributed by atoms with Gasteiger partial charge in [-0.05, 0) is 17.7 Å². The molecule has 0 spiro atoms. The number of rotatable bonds is 4. The van der Waals surface area contributed by atoms with Crippen molar-refractivity contribution in [2.24, 2.45) is 0 Å². The number of hydrogen-bond donors (Lipinski definition) is 0. The summed E-state index contributed by atoms with van der Waals surface area (Å²) >= 11 is 0. The van der Waals surface area contributed by atoms with Gasteiger partial charge in [0, 0.05) is 38.8 Å². The van der Waals surface area contributed by atoms with Crippen LogP contribution in [0.1, 0.15) is 16.1 Å². The maximum absolute atomic E-state index is 13.2. The average molecular weight is 346 g/mol. The second kappa shape index (κ2) is 7.48. The predicted molar refractivity (Wildman–Crippen MR) is 89.1 cm³/mol. The van der Waals surface area contributed by atoms with Gasteiger partial charge >= 0.3 is 0 Å². The standard InChI is InChI=1S/C18H19FN2O4/c1-24-17-12-25-16(10-15(17)22)18(23)21-7-5-20(6-8-21)11-13-3-2-4-14(19)9-13/h2-4,9-10,12H,5-8,11H2,1H3.